The summed E-state index contributed by atoms with van der Waals surface area (Å²) in [5.41, 5.74) is 2.34. The molecule has 0 spiro atoms. The highest BCUT2D eigenvalue weighted by molar-refractivity contribution is 6.40. The van der Waals surface area contributed by atoms with Crippen molar-refractivity contribution < 1.29 is 19.1 Å². The molecule has 1 aromatic rings. The summed E-state index contributed by atoms with van der Waals surface area (Å²) >= 11 is 0. The molecule has 4 nitrogen and oxygen atoms in total. The Kier molecular flexibility index (Phi) is 3.28. The lowest BCUT2D eigenvalue weighted by molar-refractivity contribution is -0.154. The minimum Gasteiger partial charge on any atom is -0.460 e. The van der Waals surface area contributed by atoms with Gasteiger partial charge in [-0.3, -0.25) is 9.59 Å². The third-order valence-corrected chi connectivity index (χ3v) is 3.06. The number of aryl methyl sites for hydroxylation is 1. The van der Waals surface area contributed by atoms with Crippen LogP contribution in [0, 0.1) is 12.8 Å². The molecule has 0 amide bonds. The molecule has 94 valence electrons. The highest BCUT2D eigenvalue weighted by Crippen LogP contribution is 2.28. The zero-order chi connectivity index (χ0) is 13.3. The summed E-state index contributed by atoms with van der Waals surface area (Å²) in [4.78, 5) is 35.2. The normalized spacial score (nSPS) is 17.4. The molecule has 18 heavy (non-hydrogen) atoms. The maximum atomic E-state index is 12.1. The average Bonchev–Trinajstić information content (AvgIpc) is 2.66. The Bertz CT molecular complexity index is 531. The van der Waals surface area contributed by atoms with Gasteiger partial charge >= 0.3 is 5.97 Å². The average molecular weight is 246 g/mol. The maximum Gasteiger partial charge on any atom is 0.375 e. The molecule has 1 atom stereocenters. The molecule has 0 heterocycles. The van der Waals surface area contributed by atoms with Crippen LogP contribution in [0.2, 0.25) is 0 Å². The van der Waals surface area contributed by atoms with E-state index >= 15 is 0 Å². The Morgan fingerprint density at radius 2 is 2.11 bits per heavy atom. The zero-order valence-electron chi connectivity index (χ0n) is 10.4. The van der Waals surface area contributed by atoms with Crippen molar-refractivity contribution in [2.24, 2.45) is 5.92 Å². The second-order valence-electron chi connectivity index (χ2n) is 4.37. The SMILES string of the molecule is CCOC(=O)C(=O)C1Cc2ccc(C)cc2C1=O. The van der Waals surface area contributed by atoms with Crippen LogP contribution < -0.4 is 0 Å². The van der Waals surface area contributed by atoms with Crippen molar-refractivity contribution in [3.8, 4) is 0 Å². The Labute approximate surface area is 105 Å². The van der Waals surface area contributed by atoms with Gasteiger partial charge in [-0.05, 0) is 31.9 Å². The number of ketones is 2. The van der Waals surface area contributed by atoms with E-state index in [0.717, 1.165) is 11.1 Å². The molecule has 0 aromatic heterocycles. The molecule has 4 heteroatoms. The Morgan fingerprint density at radius 3 is 2.78 bits per heavy atom. The first-order valence-electron chi connectivity index (χ1n) is 5.89. The predicted octanol–water partition coefficient (Wildman–Crippen LogP) is 1.48. The van der Waals surface area contributed by atoms with Gasteiger partial charge < -0.3 is 4.74 Å². The number of Topliss-reactive ketones (excluding diaryl/α,β-unsaturated/α-hetero) is 2. The van der Waals surface area contributed by atoms with Crippen LogP contribution in [0.3, 0.4) is 0 Å². The molecule has 0 saturated carbocycles. The summed E-state index contributed by atoms with van der Waals surface area (Å²) in [6, 6.07) is 5.49. The summed E-state index contributed by atoms with van der Waals surface area (Å²) in [5, 5.41) is 0. The number of hydrogen-bond donors (Lipinski definition) is 0. The van der Waals surface area contributed by atoms with Crippen LogP contribution in [0.4, 0.5) is 0 Å². The van der Waals surface area contributed by atoms with E-state index in [0.29, 0.717) is 12.0 Å². The molecule has 0 radical (unpaired) electrons. The molecule has 0 aliphatic heterocycles. The molecule has 1 aliphatic carbocycles. The number of carbonyl (C=O) groups is 3. The van der Waals surface area contributed by atoms with Crippen LogP contribution in [0.15, 0.2) is 18.2 Å². The maximum absolute atomic E-state index is 12.1. The highest BCUT2D eigenvalue weighted by Gasteiger charge is 2.39. The number of carbonyl (C=O) groups excluding carboxylic acids is 3. The van der Waals surface area contributed by atoms with Crippen molar-refractivity contribution in [3.05, 3.63) is 34.9 Å². The van der Waals surface area contributed by atoms with Crippen molar-refractivity contribution in [3.63, 3.8) is 0 Å². The third-order valence-electron chi connectivity index (χ3n) is 3.06. The summed E-state index contributed by atoms with van der Waals surface area (Å²) in [7, 11) is 0. The first-order valence-corrected chi connectivity index (χ1v) is 5.89. The van der Waals surface area contributed by atoms with Gasteiger partial charge in [-0.2, -0.15) is 0 Å². The van der Waals surface area contributed by atoms with E-state index in [-0.39, 0.29) is 12.4 Å². The second-order valence-corrected chi connectivity index (χ2v) is 4.37. The Hall–Kier alpha value is -1.97. The Balaban J connectivity index is 2.24. The number of fused-ring (bicyclic) bond motifs is 1. The summed E-state index contributed by atoms with van der Waals surface area (Å²) < 4.78 is 4.65. The highest BCUT2D eigenvalue weighted by atomic mass is 16.5. The zero-order valence-corrected chi connectivity index (χ0v) is 10.4. The van der Waals surface area contributed by atoms with Gasteiger partial charge in [-0.15, -0.1) is 0 Å². The van der Waals surface area contributed by atoms with Gasteiger partial charge in [0.1, 0.15) is 0 Å². The van der Waals surface area contributed by atoms with Crippen molar-refractivity contribution in [2.45, 2.75) is 20.3 Å². The van der Waals surface area contributed by atoms with Crippen molar-refractivity contribution in [1.82, 2.24) is 0 Å². The van der Waals surface area contributed by atoms with Gasteiger partial charge in [-0.1, -0.05) is 17.7 Å². The molecular weight excluding hydrogens is 232 g/mol. The molecule has 1 aliphatic rings. The minimum atomic E-state index is -0.916. The molecule has 0 fully saturated rings. The van der Waals surface area contributed by atoms with Crippen LogP contribution in [0.1, 0.15) is 28.4 Å². The van der Waals surface area contributed by atoms with Crippen LogP contribution in [-0.4, -0.2) is 24.1 Å². The van der Waals surface area contributed by atoms with Crippen LogP contribution in [0.5, 0.6) is 0 Å². The molecule has 0 saturated heterocycles. The molecular formula is C14H14O4. The first kappa shape index (κ1) is 12.5. The van der Waals surface area contributed by atoms with Gasteiger partial charge in [0.05, 0.1) is 12.5 Å². The number of benzene rings is 1. The Morgan fingerprint density at radius 1 is 1.39 bits per heavy atom. The first-order chi connectivity index (χ1) is 8.54. The van der Waals surface area contributed by atoms with Crippen LogP contribution >= 0.6 is 0 Å². The van der Waals surface area contributed by atoms with E-state index in [9.17, 15) is 14.4 Å². The van der Waals surface area contributed by atoms with Gasteiger partial charge in [0.25, 0.3) is 5.78 Å². The van der Waals surface area contributed by atoms with E-state index < -0.39 is 17.7 Å². The number of esters is 1. The largest absolute Gasteiger partial charge is 0.460 e. The number of rotatable bonds is 3. The standard InChI is InChI=1S/C14H14O4/c1-3-18-14(17)13(16)11-7-9-5-4-8(2)6-10(9)12(11)15/h4-6,11H,3,7H2,1-2H3. The second kappa shape index (κ2) is 4.72. The molecule has 0 N–H and O–H groups in total. The summed E-state index contributed by atoms with van der Waals surface area (Å²) in [6.07, 6.45) is 0.298. The number of ether oxygens (including phenoxy) is 1. The molecule has 2 rings (SSSR count). The molecule has 1 aromatic carbocycles. The van der Waals surface area contributed by atoms with Crippen LogP contribution in [-0.2, 0) is 20.7 Å². The monoisotopic (exact) mass is 246 g/mol. The summed E-state index contributed by atoms with van der Waals surface area (Å²) in [6.45, 7) is 3.64. The van der Waals surface area contributed by atoms with Crippen LogP contribution in [0.25, 0.3) is 0 Å². The fourth-order valence-corrected chi connectivity index (χ4v) is 2.15. The lowest BCUT2D eigenvalue weighted by Gasteiger charge is -2.05. The van der Waals surface area contributed by atoms with E-state index in [2.05, 4.69) is 4.74 Å². The predicted molar refractivity (Wildman–Crippen MR) is 64.3 cm³/mol. The molecule has 0 bridgehead atoms. The summed E-state index contributed by atoms with van der Waals surface area (Å²) in [5.74, 6) is -2.83. The van der Waals surface area contributed by atoms with Crippen molar-refractivity contribution >= 4 is 17.5 Å². The topological polar surface area (TPSA) is 60.4 Å². The van der Waals surface area contributed by atoms with Gasteiger partial charge in [0.15, 0.2) is 5.78 Å². The smallest absolute Gasteiger partial charge is 0.375 e. The lowest BCUT2D eigenvalue weighted by Crippen LogP contribution is -2.29. The van der Waals surface area contributed by atoms with Gasteiger partial charge in [0, 0.05) is 5.56 Å². The quantitative estimate of drug-likeness (QED) is 0.460. The van der Waals surface area contributed by atoms with Gasteiger partial charge in [-0.25, -0.2) is 4.79 Å². The van der Waals surface area contributed by atoms with E-state index in [1.807, 2.05) is 19.1 Å². The van der Waals surface area contributed by atoms with Crippen molar-refractivity contribution in [2.75, 3.05) is 6.61 Å². The van der Waals surface area contributed by atoms with E-state index in [1.54, 1.807) is 13.0 Å². The van der Waals surface area contributed by atoms with E-state index in [4.69, 9.17) is 0 Å². The fraction of sp³-hybridized carbons (Fsp3) is 0.357. The molecule has 1 unspecified atom stereocenters. The lowest BCUT2D eigenvalue weighted by atomic mass is 10.00. The van der Waals surface area contributed by atoms with E-state index in [1.165, 1.54) is 0 Å². The fourth-order valence-electron chi connectivity index (χ4n) is 2.15. The minimum absolute atomic E-state index is 0.136. The van der Waals surface area contributed by atoms with Gasteiger partial charge in [0.2, 0.25) is 0 Å². The number of hydrogen-bond acceptors (Lipinski definition) is 4. The van der Waals surface area contributed by atoms with Crippen molar-refractivity contribution in [1.29, 1.82) is 0 Å². The third kappa shape index (κ3) is 2.06.